The fourth-order valence-corrected chi connectivity index (χ4v) is 5.69. The van der Waals surface area contributed by atoms with Crippen molar-refractivity contribution >= 4 is 49.2 Å². The Morgan fingerprint density at radius 3 is 2.59 bits per heavy atom. The van der Waals surface area contributed by atoms with Crippen molar-refractivity contribution in [1.29, 1.82) is 0 Å². The normalized spacial score (nSPS) is 12.7. The van der Waals surface area contributed by atoms with Crippen LogP contribution in [-0.4, -0.2) is 51.3 Å². The Morgan fingerprint density at radius 2 is 1.85 bits per heavy atom. The first-order valence-corrected chi connectivity index (χ1v) is 14.6. The molecular weight excluding hydrogens is 569 g/mol. The second-order valence-electron chi connectivity index (χ2n) is 9.50. The van der Waals surface area contributed by atoms with Gasteiger partial charge in [0.05, 0.1) is 40.3 Å². The molecule has 0 radical (unpaired) electrons. The van der Waals surface area contributed by atoms with Gasteiger partial charge in [-0.05, 0) is 61.5 Å². The van der Waals surface area contributed by atoms with E-state index in [1.165, 1.54) is 31.6 Å². The molecule has 1 atom stereocenters. The van der Waals surface area contributed by atoms with Crippen molar-refractivity contribution in [2.75, 3.05) is 19.1 Å². The Kier molecular flexibility index (Phi) is 6.39. The monoisotopic (exact) mass is 591 g/mol. The summed E-state index contributed by atoms with van der Waals surface area (Å²) in [4.78, 5) is 8.76. The van der Waals surface area contributed by atoms with Crippen molar-refractivity contribution < 1.29 is 17.5 Å². The van der Waals surface area contributed by atoms with E-state index in [4.69, 9.17) is 32.3 Å². The summed E-state index contributed by atoms with van der Waals surface area (Å²) >= 11 is 6.36. The lowest BCUT2D eigenvalue weighted by Gasteiger charge is -2.11. The zero-order valence-corrected chi connectivity index (χ0v) is 23.7. The van der Waals surface area contributed by atoms with E-state index in [1.54, 1.807) is 45.8 Å². The van der Waals surface area contributed by atoms with Crippen molar-refractivity contribution in [3.05, 3.63) is 83.5 Å². The minimum atomic E-state index is -3.45. The number of halogens is 2. The third-order valence-corrected chi connectivity index (χ3v) is 8.21. The summed E-state index contributed by atoms with van der Waals surface area (Å²) in [5.74, 6) is -0.251. The Balaban J connectivity index is 1.56. The van der Waals surface area contributed by atoms with E-state index in [-0.39, 0.29) is 16.5 Å². The molecule has 0 aliphatic carbocycles. The molecule has 0 aliphatic rings. The summed E-state index contributed by atoms with van der Waals surface area (Å²) < 4.78 is 47.5. The van der Waals surface area contributed by atoms with Crippen LogP contribution in [0.25, 0.3) is 38.9 Å². The lowest BCUT2D eigenvalue weighted by Crippen LogP contribution is -2.11. The lowest BCUT2D eigenvalue weighted by atomic mass is 10.1. The second kappa shape index (κ2) is 9.82. The molecule has 3 aromatic heterocycles. The zero-order valence-electron chi connectivity index (χ0n) is 22.1. The minimum Gasteiger partial charge on any atom is -0.494 e. The van der Waals surface area contributed by atoms with Gasteiger partial charge < -0.3 is 10.5 Å². The van der Waals surface area contributed by atoms with E-state index in [9.17, 15) is 12.8 Å². The van der Waals surface area contributed by atoms with Crippen molar-refractivity contribution in [2.45, 2.75) is 17.9 Å². The van der Waals surface area contributed by atoms with Crippen LogP contribution in [-0.2, 0) is 9.84 Å². The molecule has 0 amide bonds. The predicted molar refractivity (Wildman–Crippen MR) is 155 cm³/mol. The first-order chi connectivity index (χ1) is 19.6. The van der Waals surface area contributed by atoms with Crippen LogP contribution in [0.3, 0.4) is 0 Å². The molecule has 1 unspecified atom stereocenters. The fourth-order valence-electron chi connectivity index (χ4n) is 4.86. The van der Waals surface area contributed by atoms with Gasteiger partial charge >= 0.3 is 0 Å². The van der Waals surface area contributed by atoms with E-state index in [0.29, 0.717) is 44.2 Å². The van der Waals surface area contributed by atoms with Gasteiger partial charge in [0.1, 0.15) is 17.8 Å². The molecule has 2 N–H and O–H groups in total. The molecule has 6 rings (SSSR count). The number of sulfone groups is 1. The van der Waals surface area contributed by atoms with Crippen LogP contribution >= 0.6 is 11.6 Å². The number of benzene rings is 3. The number of methoxy groups -OCH3 is 1. The van der Waals surface area contributed by atoms with Gasteiger partial charge in [-0.1, -0.05) is 17.7 Å². The van der Waals surface area contributed by atoms with Crippen molar-refractivity contribution in [1.82, 2.24) is 29.5 Å². The molecule has 13 heteroatoms. The minimum absolute atomic E-state index is 0.102. The van der Waals surface area contributed by atoms with Crippen molar-refractivity contribution in [2.24, 2.45) is 0 Å². The molecule has 0 spiro atoms. The summed E-state index contributed by atoms with van der Waals surface area (Å²) in [6, 6.07) is 15.9. The summed E-state index contributed by atoms with van der Waals surface area (Å²) in [6.45, 7) is 1.90. The number of nitrogen functional groups attached to an aromatic ring is 1. The molecule has 6 aromatic rings. The van der Waals surface area contributed by atoms with Crippen LogP contribution in [0.15, 0.2) is 71.9 Å². The number of hydrogen-bond acceptors (Lipinski definition) is 8. The molecule has 0 aliphatic heterocycles. The smallest absolute Gasteiger partial charge is 0.175 e. The molecule has 0 bridgehead atoms. The molecule has 208 valence electrons. The molecule has 0 saturated carbocycles. The number of nitrogens with zero attached hydrogens (tertiary/aromatic N) is 6. The van der Waals surface area contributed by atoms with Crippen LogP contribution in [0.1, 0.15) is 18.7 Å². The molecule has 41 heavy (non-hydrogen) atoms. The maximum absolute atomic E-state index is 14.7. The van der Waals surface area contributed by atoms with Gasteiger partial charge in [-0.25, -0.2) is 32.1 Å². The first kappa shape index (κ1) is 26.7. The quantitative estimate of drug-likeness (QED) is 0.279. The van der Waals surface area contributed by atoms with E-state index in [1.807, 2.05) is 13.0 Å². The Labute approximate surface area is 239 Å². The van der Waals surface area contributed by atoms with E-state index in [0.717, 1.165) is 11.6 Å². The molecular formula is C28H23ClFN7O3S. The van der Waals surface area contributed by atoms with Crippen molar-refractivity contribution in [3.8, 4) is 22.7 Å². The third-order valence-electron chi connectivity index (χ3n) is 6.87. The fraction of sp³-hybridized carbons (Fsp3) is 0.143. The first-order valence-electron chi connectivity index (χ1n) is 12.4. The number of anilines is 1. The van der Waals surface area contributed by atoms with Gasteiger partial charge in [0.25, 0.3) is 0 Å². The maximum Gasteiger partial charge on any atom is 0.175 e. The van der Waals surface area contributed by atoms with Gasteiger partial charge in [0.15, 0.2) is 27.1 Å². The number of hydrogen-bond donors (Lipinski definition) is 1. The summed E-state index contributed by atoms with van der Waals surface area (Å²) in [5.41, 5.74) is 9.42. The summed E-state index contributed by atoms with van der Waals surface area (Å²) in [5, 5.41) is 11.5. The molecule has 3 aromatic carbocycles. The molecule has 0 saturated heterocycles. The van der Waals surface area contributed by atoms with Crippen LogP contribution in [0, 0.1) is 5.82 Å². The lowest BCUT2D eigenvalue weighted by molar-refractivity contribution is 0.386. The van der Waals surface area contributed by atoms with Crippen LogP contribution in [0.2, 0.25) is 5.02 Å². The number of aromatic nitrogens is 6. The van der Waals surface area contributed by atoms with E-state index >= 15 is 0 Å². The topological polar surface area (TPSA) is 131 Å². The highest BCUT2D eigenvalue weighted by Crippen LogP contribution is 2.36. The predicted octanol–water partition coefficient (Wildman–Crippen LogP) is 5.23. The highest BCUT2D eigenvalue weighted by Gasteiger charge is 2.25. The van der Waals surface area contributed by atoms with Gasteiger partial charge in [-0.2, -0.15) is 10.2 Å². The van der Waals surface area contributed by atoms with Gasteiger partial charge in [0, 0.05) is 22.2 Å². The van der Waals surface area contributed by atoms with Crippen LogP contribution < -0.4 is 10.5 Å². The summed E-state index contributed by atoms with van der Waals surface area (Å²) in [7, 11) is -2.06. The van der Waals surface area contributed by atoms with Crippen molar-refractivity contribution in [3.63, 3.8) is 0 Å². The van der Waals surface area contributed by atoms with Gasteiger partial charge in [0.2, 0.25) is 0 Å². The average molecular weight is 592 g/mol. The van der Waals surface area contributed by atoms with E-state index < -0.39 is 21.7 Å². The second-order valence-corrected chi connectivity index (χ2v) is 12.0. The van der Waals surface area contributed by atoms with Gasteiger partial charge in [-0.3, -0.25) is 0 Å². The number of nitrogens with two attached hydrogens (primary N) is 1. The number of fused-ring (bicyclic) bond motifs is 2. The van der Waals surface area contributed by atoms with Gasteiger partial charge in [-0.15, -0.1) is 0 Å². The highest BCUT2D eigenvalue weighted by molar-refractivity contribution is 7.90. The molecule has 10 nitrogen and oxygen atoms in total. The Hall–Kier alpha value is -4.55. The number of rotatable bonds is 6. The molecule has 0 fully saturated rings. The average Bonchev–Trinajstić information content (AvgIpc) is 3.52. The SMILES string of the molecule is COc1ccc(-c2nn(C(C)c3nn(-c4cccc(S(C)(=O)=O)c4)c4cc(Cl)ccc34)c3ncnc(N)c23)cc1F. The highest BCUT2D eigenvalue weighted by atomic mass is 35.5. The van der Waals surface area contributed by atoms with Crippen LogP contribution in [0.5, 0.6) is 5.75 Å². The van der Waals surface area contributed by atoms with Crippen LogP contribution in [0.4, 0.5) is 10.2 Å². The largest absolute Gasteiger partial charge is 0.494 e. The standard InChI is InChI=1S/C28H23ClFN7O3S/c1-15(36-28-24(27(31)32-14-33-28)26(35-36)16-7-10-23(40-2)21(30)11-16)25-20-9-8-17(29)12-22(20)37(34-25)18-5-4-6-19(13-18)41(3,38)39/h4-15H,1-3H3,(H2,31,32,33). The Morgan fingerprint density at radius 1 is 1.05 bits per heavy atom. The summed E-state index contributed by atoms with van der Waals surface area (Å²) in [6.07, 6.45) is 2.49. The zero-order chi connectivity index (χ0) is 29.1. The Bertz CT molecular complexity index is 2090. The third kappa shape index (κ3) is 4.54. The number of ether oxygens (including phenoxy) is 1. The molecule has 3 heterocycles. The maximum atomic E-state index is 14.7. The van der Waals surface area contributed by atoms with E-state index in [2.05, 4.69) is 9.97 Å².